The van der Waals surface area contributed by atoms with E-state index in [1.807, 2.05) is 6.07 Å². The van der Waals surface area contributed by atoms with Gasteiger partial charge >= 0.3 is 5.97 Å². The van der Waals surface area contributed by atoms with Gasteiger partial charge in [-0.05, 0) is 49.5 Å². The Balaban J connectivity index is 1.72. The van der Waals surface area contributed by atoms with Crippen LogP contribution >= 0.6 is 0 Å². The molecule has 0 amide bonds. The van der Waals surface area contributed by atoms with E-state index in [1.54, 1.807) is 30.3 Å². The van der Waals surface area contributed by atoms with Crippen LogP contribution in [-0.2, 0) is 21.2 Å². The second kappa shape index (κ2) is 8.31. The highest BCUT2D eigenvalue weighted by atomic mass is 32.2. The summed E-state index contributed by atoms with van der Waals surface area (Å²) in [4.78, 5) is 25.2. The Morgan fingerprint density at radius 3 is 2.63 bits per heavy atom. The van der Waals surface area contributed by atoms with Crippen molar-refractivity contribution in [2.75, 3.05) is 6.26 Å². The molecule has 8 heteroatoms. The molecule has 1 aromatic carbocycles. The fourth-order valence-electron chi connectivity index (χ4n) is 3.41. The molecule has 0 spiro atoms. The number of fused-ring (bicyclic) bond motifs is 1. The van der Waals surface area contributed by atoms with Crippen LogP contribution in [0.3, 0.4) is 0 Å². The van der Waals surface area contributed by atoms with Crippen LogP contribution in [0.4, 0.5) is 0 Å². The van der Waals surface area contributed by atoms with Gasteiger partial charge in [-0.15, -0.1) is 0 Å². The number of pyridine rings is 1. The van der Waals surface area contributed by atoms with Crippen molar-refractivity contribution in [1.82, 2.24) is 15.0 Å². The Kier molecular flexibility index (Phi) is 5.59. The van der Waals surface area contributed by atoms with Gasteiger partial charge in [-0.1, -0.05) is 24.3 Å². The number of aromatic nitrogens is 3. The number of carbonyl (C=O) groups excluding carboxylic acids is 1. The molecule has 0 bridgehead atoms. The molecule has 2 heterocycles. The van der Waals surface area contributed by atoms with Crippen molar-refractivity contribution >= 4 is 32.3 Å². The molecular weight excluding hydrogens is 402 g/mol. The SMILES string of the molecule is CS(=O)(=O)c1ncc2cc(COC(=O)c3ccccc3)nc(C3=CCCCC3)c2n1. The van der Waals surface area contributed by atoms with Gasteiger partial charge in [0, 0.05) is 17.8 Å². The molecule has 0 N–H and O–H groups in total. The Morgan fingerprint density at radius 2 is 1.93 bits per heavy atom. The number of allylic oxidation sites excluding steroid dienone is 2. The van der Waals surface area contributed by atoms with Gasteiger partial charge in [0.15, 0.2) is 0 Å². The molecule has 1 aliphatic rings. The number of benzene rings is 1. The molecule has 1 aliphatic carbocycles. The first-order chi connectivity index (χ1) is 14.4. The van der Waals surface area contributed by atoms with Crippen LogP contribution in [0.15, 0.2) is 53.8 Å². The highest BCUT2D eigenvalue weighted by Gasteiger charge is 2.19. The van der Waals surface area contributed by atoms with E-state index < -0.39 is 15.8 Å². The molecule has 2 aromatic heterocycles. The molecule has 0 fully saturated rings. The third kappa shape index (κ3) is 4.38. The fraction of sp³-hybridized carbons (Fsp3) is 0.273. The van der Waals surface area contributed by atoms with Gasteiger partial charge in [0.05, 0.1) is 17.0 Å². The lowest BCUT2D eigenvalue weighted by molar-refractivity contribution is 0.0468. The summed E-state index contributed by atoms with van der Waals surface area (Å²) in [6.45, 7) is -0.00221. The quantitative estimate of drug-likeness (QED) is 0.455. The molecule has 3 aromatic rings. The van der Waals surface area contributed by atoms with E-state index in [0.717, 1.165) is 37.5 Å². The zero-order chi connectivity index (χ0) is 21.1. The number of nitrogens with zero attached hydrogens (tertiary/aromatic N) is 3. The summed E-state index contributed by atoms with van der Waals surface area (Å²) in [5.41, 5.74) is 3.18. The van der Waals surface area contributed by atoms with Crippen molar-refractivity contribution in [2.45, 2.75) is 37.4 Å². The third-order valence-corrected chi connectivity index (χ3v) is 5.74. The first-order valence-electron chi connectivity index (χ1n) is 9.70. The van der Waals surface area contributed by atoms with E-state index >= 15 is 0 Å². The van der Waals surface area contributed by atoms with Gasteiger partial charge in [0.2, 0.25) is 15.0 Å². The van der Waals surface area contributed by atoms with Gasteiger partial charge in [-0.25, -0.2) is 28.2 Å². The fourth-order valence-corrected chi connectivity index (χ4v) is 3.91. The topological polar surface area (TPSA) is 99.1 Å². The Hall–Kier alpha value is -3.13. The first-order valence-corrected chi connectivity index (χ1v) is 11.6. The number of hydrogen-bond acceptors (Lipinski definition) is 7. The van der Waals surface area contributed by atoms with Crippen LogP contribution in [-0.4, -0.2) is 35.6 Å². The van der Waals surface area contributed by atoms with Crippen molar-refractivity contribution in [3.8, 4) is 0 Å². The van der Waals surface area contributed by atoms with Crippen LogP contribution in [0.1, 0.15) is 47.4 Å². The molecule has 154 valence electrons. The molecule has 0 saturated heterocycles. The number of rotatable bonds is 5. The lowest BCUT2D eigenvalue weighted by Gasteiger charge is -2.15. The third-order valence-electron chi connectivity index (χ3n) is 4.88. The van der Waals surface area contributed by atoms with Crippen LogP contribution in [0, 0.1) is 0 Å². The van der Waals surface area contributed by atoms with E-state index in [9.17, 15) is 13.2 Å². The molecular formula is C22H21N3O4S. The van der Waals surface area contributed by atoms with Crippen molar-refractivity contribution in [2.24, 2.45) is 0 Å². The van der Waals surface area contributed by atoms with Gasteiger partial charge in [-0.3, -0.25) is 0 Å². The maximum absolute atomic E-state index is 12.3. The van der Waals surface area contributed by atoms with E-state index in [1.165, 1.54) is 6.20 Å². The summed E-state index contributed by atoms with van der Waals surface area (Å²) in [6, 6.07) is 10.5. The highest BCUT2D eigenvalue weighted by molar-refractivity contribution is 7.90. The predicted octanol–water partition coefficient (Wildman–Crippen LogP) is 3.74. The van der Waals surface area contributed by atoms with E-state index in [2.05, 4.69) is 21.0 Å². The number of ether oxygens (including phenoxy) is 1. The molecule has 0 atom stereocenters. The number of sulfone groups is 1. The molecule has 4 rings (SSSR count). The number of hydrogen-bond donors (Lipinski definition) is 0. The maximum atomic E-state index is 12.3. The molecule has 7 nitrogen and oxygen atoms in total. The average Bonchev–Trinajstić information content (AvgIpc) is 2.77. The van der Waals surface area contributed by atoms with Crippen molar-refractivity contribution in [3.63, 3.8) is 0 Å². The largest absolute Gasteiger partial charge is 0.456 e. The summed E-state index contributed by atoms with van der Waals surface area (Å²) < 4.78 is 29.3. The van der Waals surface area contributed by atoms with Crippen LogP contribution in [0.25, 0.3) is 16.5 Å². The normalized spacial score (nSPS) is 14.4. The molecule has 30 heavy (non-hydrogen) atoms. The zero-order valence-electron chi connectivity index (χ0n) is 16.5. The molecule has 0 aliphatic heterocycles. The smallest absolute Gasteiger partial charge is 0.338 e. The van der Waals surface area contributed by atoms with Crippen LogP contribution in [0.5, 0.6) is 0 Å². The van der Waals surface area contributed by atoms with Gasteiger partial charge in [-0.2, -0.15) is 0 Å². The minimum atomic E-state index is -3.54. The highest BCUT2D eigenvalue weighted by Crippen LogP contribution is 2.30. The Labute approximate surface area is 174 Å². The molecule has 0 saturated carbocycles. The van der Waals surface area contributed by atoms with Crippen molar-refractivity contribution < 1.29 is 17.9 Å². The average molecular weight is 423 g/mol. The van der Waals surface area contributed by atoms with Crippen molar-refractivity contribution in [1.29, 1.82) is 0 Å². The standard InChI is InChI=1S/C22H21N3O4S/c1-30(27,28)22-23-13-17-12-18(14-29-21(26)16-10-6-3-7-11-16)24-19(20(17)25-22)15-8-4-2-5-9-15/h3,6-8,10-13H,2,4-5,9,14H2,1H3. The molecule has 0 unspecified atom stereocenters. The van der Waals surface area contributed by atoms with E-state index in [4.69, 9.17) is 4.74 Å². The van der Waals surface area contributed by atoms with Gasteiger partial charge < -0.3 is 4.74 Å². The first kappa shape index (κ1) is 20.2. The second-order valence-electron chi connectivity index (χ2n) is 7.24. The molecule has 0 radical (unpaired) electrons. The minimum absolute atomic E-state index is 0.00221. The van der Waals surface area contributed by atoms with E-state index in [-0.39, 0.29) is 11.8 Å². The van der Waals surface area contributed by atoms with E-state index in [0.29, 0.717) is 27.9 Å². The van der Waals surface area contributed by atoms with Crippen molar-refractivity contribution in [3.05, 3.63) is 65.6 Å². The zero-order valence-corrected chi connectivity index (χ0v) is 17.4. The van der Waals surface area contributed by atoms with Gasteiger partial charge in [0.1, 0.15) is 12.1 Å². The lowest BCUT2D eigenvalue weighted by atomic mass is 9.95. The summed E-state index contributed by atoms with van der Waals surface area (Å²) >= 11 is 0. The summed E-state index contributed by atoms with van der Waals surface area (Å²) in [5.74, 6) is -0.431. The van der Waals surface area contributed by atoms with Crippen LogP contribution < -0.4 is 0 Å². The second-order valence-corrected chi connectivity index (χ2v) is 9.15. The predicted molar refractivity (Wildman–Crippen MR) is 112 cm³/mol. The van der Waals surface area contributed by atoms with Gasteiger partial charge in [0.25, 0.3) is 0 Å². The Morgan fingerprint density at radius 1 is 1.13 bits per heavy atom. The lowest BCUT2D eigenvalue weighted by Crippen LogP contribution is -2.09. The summed E-state index contributed by atoms with van der Waals surface area (Å²) in [7, 11) is -3.54. The summed E-state index contributed by atoms with van der Waals surface area (Å²) in [5, 5.41) is 0.433. The summed E-state index contributed by atoms with van der Waals surface area (Å²) in [6.07, 6.45) is 8.61. The minimum Gasteiger partial charge on any atom is -0.456 e. The Bertz CT molecular complexity index is 1240. The monoisotopic (exact) mass is 423 g/mol. The van der Waals surface area contributed by atoms with Crippen LogP contribution in [0.2, 0.25) is 0 Å². The maximum Gasteiger partial charge on any atom is 0.338 e. The number of carbonyl (C=O) groups is 1. The number of esters is 1.